The first-order valence-corrected chi connectivity index (χ1v) is 15.4. The van der Waals surface area contributed by atoms with Crippen LogP contribution >= 0.6 is 11.3 Å². The second kappa shape index (κ2) is 9.44. The van der Waals surface area contributed by atoms with Crippen LogP contribution in [0.15, 0.2) is 134 Å². The molecule has 1 nitrogen and oxygen atoms in total. The molecule has 0 amide bonds. The number of thiophene rings is 1. The van der Waals surface area contributed by atoms with Gasteiger partial charge in [0.1, 0.15) is 0 Å². The molecule has 2 heteroatoms. The van der Waals surface area contributed by atoms with Crippen LogP contribution in [0, 0.1) is 0 Å². The lowest BCUT2D eigenvalue weighted by atomic mass is 9.76. The highest BCUT2D eigenvalue weighted by Crippen LogP contribution is 2.52. The third-order valence-corrected chi connectivity index (χ3v) is 10.0. The minimum Gasteiger partial charge on any atom is -0.309 e. The van der Waals surface area contributed by atoms with Gasteiger partial charge in [0, 0.05) is 42.2 Å². The number of rotatable bonds is 2. The van der Waals surface area contributed by atoms with Crippen molar-refractivity contribution in [2.45, 2.75) is 25.7 Å². The average molecular weight is 558 g/mol. The molecule has 2 heterocycles. The van der Waals surface area contributed by atoms with Gasteiger partial charge in [-0.2, -0.15) is 0 Å². The van der Waals surface area contributed by atoms with Crippen molar-refractivity contribution in [1.29, 1.82) is 0 Å². The van der Waals surface area contributed by atoms with E-state index in [-0.39, 0.29) is 5.41 Å². The zero-order chi connectivity index (χ0) is 28.4. The van der Waals surface area contributed by atoms with E-state index < -0.39 is 0 Å². The lowest BCUT2D eigenvalue weighted by Gasteiger charge is -2.29. The van der Waals surface area contributed by atoms with Crippen LogP contribution in [0.25, 0.3) is 64.4 Å². The Labute approximate surface area is 250 Å². The van der Waals surface area contributed by atoms with Gasteiger partial charge in [0.2, 0.25) is 0 Å². The second-order valence-electron chi connectivity index (χ2n) is 11.9. The van der Waals surface area contributed by atoms with Crippen molar-refractivity contribution in [2.24, 2.45) is 0 Å². The average Bonchev–Trinajstić information content (AvgIpc) is 3.57. The maximum absolute atomic E-state index is 4.67. The summed E-state index contributed by atoms with van der Waals surface area (Å²) in [5, 5.41) is 5.30. The van der Waals surface area contributed by atoms with Crippen molar-refractivity contribution >= 4 is 58.9 Å². The van der Waals surface area contributed by atoms with Crippen LogP contribution in [0.5, 0.6) is 0 Å². The van der Waals surface area contributed by atoms with Crippen molar-refractivity contribution in [1.82, 2.24) is 4.57 Å². The molecule has 1 aliphatic rings. The lowest BCUT2D eigenvalue weighted by Crippen LogP contribution is -2.20. The highest BCUT2D eigenvalue weighted by atomic mass is 32.1. The van der Waals surface area contributed by atoms with Crippen molar-refractivity contribution in [3.8, 4) is 16.8 Å². The molecule has 0 saturated heterocycles. The van der Waals surface area contributed by atoms with Crippen LogP contribution in [-0.4, -0.2) is 4.57 Å². The summed E-state index contributed by atoms with van der Waals surface area (Å²) in [5.74, 6) is 0. The molecule has 0 N–H and O–H groups in total. The normalized spacial score (nSPS) is 16.4. The smallest absolute Gasteiger partial charge is 0.0592 e. The number of benzene rings is 5. The third-order valence-electron chi connectivity index (χ3n) is 8.84. The zero-order valence-corrected chi connectivity index (χ0v) is 24.7. The Balaban J connectivity index is 1.59. The molecule has 0 bridgehead atoms. The number of nitrogens with zero attached hydrogens (tertiary/aromatic N) is 1. The summed E-state index contributed by atoms with van der Waals surface area (Å²) in [6.07, 6.45) is 9.76. The van der Waals surface area contributed by atoms with Crippen molar-refractivity contribution in [3.63, 3.8) is 0 Å². The molecule has 0 unspecified atom stereocenters. The van der Waals surface area contributed by atoms with Crippen LogP contribution < -0.4 is 0 Å². The second-order valence-corrected chi connectivity index (χ2v) is 13.0. The molecule has 5 aromatic carbocycles. The first-order valence-electron chi connectivity index (χ1n) is 14.6. The minimum absolute atomic E-state index is 0.125. The van der Waals surface area contributed by atoms with Crippen LogP contribution in [0.4, 0.5) is 0 Å². The van der Waals surface area contributed by atoms with E-state index in [0.717, 1.165) is 12.0 Å². The fourth-order valence-electron chi connectivity index (χ4n) is 6.90. The summed E-state index contributed by atoms with van der Waals surface area (Å²) in [7, 11) is 0. The van der Waals surface area contributed by atoms with Gasteiger partial charge in [-0.05, 0) is 58.4 Å². The summed E-state index contributed by atoms with van der Waals surface area (Å²) in [4.78, 5) is 0. The first-order chi connectivity index (χ1) is 20.5. The van der Waals surface area contributed by atoms with Gasteiger partial charge in [0.05, 0.1) is 11.0 Å². The summed E-state index contributed by atoms with van der Waals surface area (Å²) in [6.45, 7) is 9.46. The van der Waals surface area contributed by atoms with Crippen LogP contribution in [0.3, 0.4) is 0 Å². The maximum Gasteiger partial charge on any atom is 0.0592 e. The van der Waals surface area contributed by atoms with E-state index in [2.05, 4.69) is 152 Å². The monoisotopic (exact) mass is 557 g/mol. The Hall–Kier alpha value is -4.66. The first kappa shape index (κ1) is 25.1. The van der Waals surface area contributed by atoms with Gasteiger partial charge in [-0.25, -0.2) is 0 Å². The maximum atomic E-state index is 4.67. The summed E-state index contributed by atoms with van der Waals surface area (Å²) >= 11 is 1.91. The van der Waals surface area contributed by atoms with Crippen LogP contribution in [0.1, 0.15) is 31.4 Å². The Morgan fingerprint density at radius 1 is 0.714 bits per heavy atom. The van der Waals surface area contributed by atoms with Gasteiger partial charge < -0.3 is 4.57 Å². The third kappa shape index (κ3) is 3.69. The number of para-hydroxylation sites is 1. The summed E-state index contributed by atoms with van der Waals surface area (Å²) < 4.78 is 5.18. The van der Waals surface area contributed by atoms with Crippen LogP contribution in [0.2, 0.25) is 0 Å². The Morgan fingerprint density at radius 3 is 2.21 bits per heavy atom. The molecule has 1 aliphatic carbocycles. The molecular weight excluding hydrogens is 527 g/mol. The molecule has 0 spiro atoms. The molecular formula is C40H31NS. The van der Waals surface area contributed by atoms with Gasteiger partial charge in [0.15, 0.2) is 0 Å². The molecule has 202 valence electrons. The quantitative estimate of drug-likeness (QED) is 0.199. The van der Waals surface area contributed by atoms with Crippen molar-refractivity contribution in [2.75, 3.05) is 0 Å². The minimum atomic E-state index is -0.125. The van der Waals surface area contributed by atoms with Gasteiger partial charge in [0.25, 0.3) is 0 Å². The predicted molar refractivity (Wildman–Crippen MR) is 184 cm³/mol. The van der Waals surface area contributed by atoms with Gasteiger partial charge in [-0.1, -0.05) is 124 Å². The number of hydrogen-bond donors (Lipinski definition) is 0. The summed E-state index contributed by atoms with van der Waals surface area (Å²) in [5.41, 5.74) is 9.77. The molecule has 0 fully saturated rings. The highest BCUT2D eigenvalue weighted by Gasteiger charge is 2.33. The molecule has 2 aromatic heterocycles. The van der Waals surface area contributed by atoms with Crippen molar-refractivity contribution < 1.29 is 0 Å². The van der Waals surface area contributed by atoms with E-state index in [1.165, 1.54) is 69.9 Å². The van der Waals surface area contributed by atoms with E-state index in [0.29, 0.717) is 0 Å². The SMILES string of the molecule is C=C1/C=C\C=C/CC(C)(C)c2c1c1sc3ccccc3c1c1c3ccccc3n(-c3ccc(-c4ccccc4)cc3)c21. The Morgan fingerprint density at radius 2 is 1.40 bits per heavy atom. The van der Waals surface area contributed by atoms with E-state index in [1.54, 1.807) is 0 Å². The molecule has 8 rings (SSSR count). The Bertz CT molecular complexity index is 2240. The number of hydrogen-bond acceptors (Lipinski definition) is 1. The molecule has 0 saturated carbocycles. The fourth-order valence-corrected chi connectivity index (χ4v) is 8.19. The number of allylic oxidation sites excluding steroid dienone is 5. The van der Waals surface area contributed by atoms with Crippen LogP contribution in [-0.2, 0) is 5.41 Å². The standard InChI is InChI=1S/C40H31NS/c1-26-14-6-5-13-25-40(2,3)37-34(26)39-36(31-18-10-12-20-33(31)42-39)35-30-17-9-11-19-32(30)41(38(35)37)29-23-21-28(22-24-29)27-15-7-4-8-16-27/h4-24H,1,25H2,2-3H3/b13-5-,14-6-. The van der Waals surface area contributed by atoms with E-state index in [1.807, 2.05) is 11.3 Å². The van der Waals surface area contributed by atoms with Gasteiger partial charge in [-0.3, -0.25) is 0 Å². The fraction of sp³-hybridized carbons (Fsp3) is 0.100. The molecule has 0 radical (unpaired) electrons. The van der Waals surface area contributed by atoms with E-state index in [9.17, 15) is 0 Å². The topological polar surface area (TPSA) is 4.93 Å². The Kier molecular flexibility index (Phi) is 5.64. The van der Waals surface area contributed by atoms with Crippen molar-refractivity contribution in [3.05, 3.63) is 145 Å². The molecule has 7 aromatic rings. The molecule has 0 aliphatic heterocycles. The molecule has 0 atom stereocenters. The largest absolute Gasteiger partial charge is 0.309 e. The molecule has 42 heavy (non-hydrogen) atoms. The number of fused-ring (bicyclic) bond motifs is 10. The van der Waals surface area contributed by atoms with Gasteiger partial charge in [-0.15, -0.1) is 11.3 Å². The number of aromatic nitrogens is 1. The lowest BCUT2D eigenvalue weighted by molar-refractivity contribution is 0.537. The van der Waals surface area contributed by atoms with Gasteiger partial charge >= 0.3 is 0 Å². The zero-order valence-electron chi connectivity index (χ0n) is 23.9. The van der Waals surface area contributed by atoms with E-state index in [4.69, 9.17) is 0 Å². The predicted octanol–water partition coefficient (Wildman–Crippen LogP) is 11.6. The summed E-state index contributed by atoms with van der Waals surface area (Å²) in [6, 6.07) is 37.5. The van der Waals surface area contributed by atoms with E-state index >= 15 is 0 Å². The highest BCUT2D eigenvalue weighted by molar-refractivity contribution is 7.26.